The van der Waals surface area contributed by atoms with Crippen LogP contribution in [-0.4, -0.2) is 0 Å². The highest BCUT2D eigenvalue weighted by molar-refractivity contribution is 6.32. The lowest BCUT2D eigenvalue weighted by Gasteiger charge is -2.13. The van der Waals surface area contributed by atoms with E-state index >= 15 is 0 Å². The second kappa shape index (κ2) is 6.51. The van der Waals surface area contributed by atoms with Gasteiger partial charge in [-0.05, 0) is 47.7 Å². The average Bonchev–Trinajstić information content (AvgIpc) is 2.41. The van der Waals surface area contributed by atoms with Crippen LogP contribution in [0.5, 0.6) is 11.5 Å². The van der Waals surface area contributed by atoms with Gasteiger partial charge in [0.1, 0.15) is 11.5 Å². The molecule has 0 atom stereocenters. The molecule has 0 aromatic heterocycles. The molecule has 0 aliphatic carbocycles. The maximum atomic E-state index is 6.15. The molecule has 0 heterocycles. The molecule has 0 saturated heterocycles. The van der Waals surface area contributed by atoms with Gasteiger partial charge in [0.25, 0.3) is 0 Å². The molecule has 0 radical (unpaired) electrons. The van der Waals surface area contributed by atoms with E-state index < -0.39 is 0 Å². The van der Waals surface area contributed by atoms with Crippen molar-refractivity contribution in [3.63, 3.8) is 0 Å². The standard InChI is InChI=1S/C17H18Cl2O/c1-11(2)13-5-4-12(3)17(8-13)20-15-7-6-14(10-18)16(19)9-15/h4-9,11H,10H2,1-3H3. The molecule has 0 aliphatic rings. The lowest BCUT2D eigenvalue weighted by Crippen LogP contribution is -1.93. The fourth-order valence-electron chi connectivity index (χ4n) is 1.91. The molecule has 2 aromatic carbocycles. The monoisotopic (exact) mass is 308 g/mol. The number of halogens is 2. The van der Waals surface area contributed by atoms with Gasteiger partial charge in [0.05, 0.1) is 0 Å². The molecule has 0 fully saturated rings. The van der Waals surface area contributed by atoms with Gasteiger partial charge in [0.2, 0.25) is 0 Å². The smallest absolute Gasteiger partial charge is 0.130 e. The number of hydrogen-bond acceptors (Lipinski definition) is 1. The first-order valence-electron chi connectivity index (χ1n) is 6.64. The van der Waals surface area contributed by atoms with Gasteiger partial charge in [0, 0.05) is 10.9 Å². The van der Waals surface area contributed by atoms with Crippen LogP contribution in [0.2, 0.25) is 5.02 Å². The molecule has 0 saturated carbocycles. The maximum Gasteiger partial charge on any atom is 0.130 e. The zero-order valence-electron chi connectivity index (χ0n) is 11.9. The van der Waals surface area contributed by atoms with Gasteiger partial charge >= 0.3 is 0 Å². The second-order valence-corrected chi connectivity index (χ2v) is 5.84. The van der Waals surface area contributed by atoms with Crippen molar-refractivity contribution < 1.29 is 4.74 Å². The van der Waals surface area contributed by atoms with E-state index in [1.54, 1.807) is 6.07 Å². The van der Waals surface area contributed by atoms with E-state index in [0.717, 1.165) is 22.6 Å². The molecule has 0 unspecified atom stereocenters. The van der Waals surface area contributed by atoms with Crippen molar-refractivity contribution in [2.45, 2.75) is 32.6 Å². The summed E-state index contributed by atoms with van der Waals surface area (Å²) in [5.41, 5.74) is 3.27. The first-order valence-corrected chi connectivity index (χ1v) is 7.55. The minimum atomic E-state index is 0.404. The third kappa shape index (κ3) is 3.47. The Balaban J connectivity index is 2.29. The summed E-state index contributed by atoms with van der Waals surface area (Å²) in [5.74, 6) is 2.47. The summed E-state index contributed by atoms with van der Waals surface area (Å²) in [7, 11) is 0. The summed E-state index contributed by atoms with van der Waals surface area (Å²) in [4.78, 5) is 0. The molecule has 1 nitrogen and oxygen atoms in total. The van der Waals surface area contributed by atoms with Crippen LogP contribution in [0.4, 0.5) is 0 Å². The highest BCUT2D eigenvalue weighted by atomic mass is 35.5. The van der Waals surface area contributed by atoms with E-state index in [1.165, 1.54) is 5.56 Å². The summed E-state index contributed by atoms with van der Waals surface area (Å²) in [6, 6.07) is 11.9. The Morgan fingerprint density at radius 2 is 1.85 bits per heavy atom. The number of rotatable bonds is 4. The number of aryl methyl sites for hydroxylation is 1. The molecule has 0 bridgehead atoms. The molecule has 2 rings (SSSR count). The first-order chi connectivity index (χ1) is 9.51. The predicted molar refractivity (Wildman–Crippen MR) is 86.4 cm³/mol. The SMILES string of the molecule is Cc1ccc(C(C)C)cc1Oc1ccc(CCl)c(Cl)c1. The van der Waals surface area contributed by atoms with Crippen molar-refractivity contribution in [2.75, 3.05) is 0 Å². The highest BCUT2D eigenvalue weighted by Crippen LogP contribution is 2.31. The Morgan fingerprint density at radius 3 is 2.45 bits per heavy atom. The maximum absolute atomic E-state index is 6.15. The van der Waals surface area contributed by atoms with Gasteiger partial charge in [-0.2, -0.15) is 0 Å². The minimum absolute atomic E-state index is 0.404. The van der Waals surface area contributed by atoms with Gasteiger partial charge in [-0.25, -0.2) is 0 Å². The molecule has 0 spiro atoms. The summed E-state index contributed by atoms with van der Waals surface area (Å²) in [6.07, 6.45) is 0. The average molecular weight is 309 g/mol. The van der Waals surface area contributed by atoms with Crippen LogP contribution in [0.1, 0.15) is 36.5 Å². The molecule has 3 heteroatoms. The Bertz CT molecular complexity index is 606. The highest BCUT2D eigenvalue weighted by Gasteiger charge is 2.07. The third-order valence-corrected chi connectivity index (χ3v) is 3.91. The fourth-order valence-corrected chi connectivity index (χ4v) is 2.45. The molecule has 0 aliphatic heterocycles. The van der Waals surface area contributed by atoms with Gasteiger partial charge in [-0.3, -0.25) is 0 Å². The van der Waals surface area contributed by atoms with Crippen molar-refractivity contribution in [1.29, 1.82) is 0 Å². The lowest BCUT2D eigenvalue weighted by atomic mass is 10.0. The van der Waals surface area contributed by atoms with E-state index in [2.05, 4.69) is 32.0 Å². The fraction of sp³-hybridized carbons (Fsp3) is 0.294. The van der Waals surface area contributed by atoms with Crippen molar-refractivity contribution in [3.05, 3.63) is 58.1 Å². The van der Waals surface area contributed by atoms with Gasteiger partial charge in [-0.15, -0.1) is 11.6 Å². The van der Waals surface area contributed by atoms with Gasteiger partial charge < -0.3 is 4.74 Å². The summed E-state index contributed by atoms with van der Waals surface area (Å²) in [5, 5.41) is 0.634. The van der Waals surface area contributed by atoms with Crippen LogP contribution in [0.15, 0.2) is 36.4 Å². The van der Waals surface area contributed by atoms with Crippen molar-refractivity contribution in [3.8, 4) is 11.5 Å². The molecule has 2 aromatic rings. The number of hydrogen-bond donors (Lipinski definition) is 0. The predicted octanol–water partition coefficient (Wildman–Crippen LogP) is 6.30. The van der Waals surface area contributed by atoms with Crippen LogP contribution in [0, 0.1) is 6.92 Å². The zero-order chi connectivity index (χ0) is 14.7. The van der Waals surface area contributed by atoms with Crippen LogP contribution in [0.25, 0.3) is 0 Å². The molecule has 0 N–H and O–H groups in total. The van der Waals surface area contributed by atoms with Crippen molar-refractivity contribution in [1.82, 2.24) is 0 Å². The van der Waals surface area contributed by atoms with Crippen LogP contribution in [-0.2, 0) is 5.88 Å². The second-order valence-electron chi connectivity index (χ2n) is 5.17. The van der Waals surface area contributed by atoms with Crippen LogP contribution in [0.3, 0.4) is 0 Å². The molecular formula is C17H18Cl2O. The normalized spacial score (nSPS) is 10.9. The topological polar surface area (TPSA) is 9.23 Å². The number of benzene rings is 2. The lowest BCUT2D eigenvalue weighted by molar-refractivity contribution is 0.477. The first kappa shape index (κ1) is 15.2. The van der Waals surface area contributed by atoms with E-state index in [1.807, 2.05) is 19.1 Å². The molecular weight excluding hydrogens is 291 g/mol. The Hall–Kier alpha value is -1.18. The van der Waals surface area contributed by atoms with Crippen molar-refractivity contribution >= 4 is 23.2 Å². The largest absolute Gasteiger partial charge is 0.457 e. The van der Waals surface area contributed by atoms with Crippen LogP contribution >= 0.6 is 23.2 Å². The van der Waals surface area contributed by atoms with E-state index in [-0.39, 0.29) is 0 Å². The summed E-state index contributed by atoms with van der Waals surface area (Å²) < 4.78 is 5.95. The Morgan fingerprint density at radius 1 is 1.10 bits per heavy atom. The Kier molecular flexibility index (Phi) is 4.95. The number of ether oxygens (including phenoxy) is 1. The summed E-state index contributed by atoms with van der Waals surface area (Å²) >= 11 is 12.0. The zero-order valence-corrected chi connectivity index (χ0v) is 13.4. The minimum Gasteiger partial charge on any atom is -0.457 e. The quantitative estimate of drug-likeness (QED) is 0.602. The van der Waals surface area contributed by atoms with Gasteiger partial charge in [-0.1, -0.05) is 43.6 Å². The third-order valence-electron chi connectivity index (χ3n) is 3.28. The van der Waals surface area contributed by atoms with E-state index in [4.69, 9.17) is 27.9 Å². The van der Waals surface area contributed by atoms with Crippen LogP contribution < -0.4 is 4.74 Å². The molecule has 0 amide bonds. The van der Waals surface area contributed by atoms with Crippen molar-refractivity contribution in [2.24, 2.45) is 0 Å². The molecule has 106 valence electrons. The Labute approximate surface area is 130 Å². The van der Waals surface area contributed by atoms with E-state index in [0.29, 0.717) is 16.8 Å². The van der Waals surface area contributed by atoms with Gasteiger partial charge in [0.15, 0.2) is 0 Å². The van der Waals surface area contributed by atoms with E-state index in [9.17, 15) is 0 Å². The molecule has 20 heavy (non-hydrogen) atoms. The number of alkyl halides is 1. The summed E-state index contributed by atoms with van der Waals surface area (Å²) in [6.45, 7) is 6.37.